The van der Waals surface area contributed by atoms with Gasteiger partial charge in [0.1, 0.15) is 0 Å². The fourth-order valence-corrected chi connectivity index (χ4v) is 8.11. The van der Waals surface area contributed by atoms with Gasteiger partial charge < -0.3 is 0 Å². The summed E-state index contributed by atoms with van der Waals surface area (Å²) >= 11 is 0. The van der Waals surface area contributed by atoms with Crippen LogP contribution in [0.3, 0.4) is 0 Å². The first kappa shape index (κ1) is 30.4. The van der Waals surface area contributed by atoms with E-state index in [9.17, 15) is 0 Å². The molecular formula is C44H42N4. The van der Waals surface area contributed by atoms with Gasteiger partial charge in [0.15, 0.2) is 17.5 Å². The van der Waals surface area contributed by atoms with E-state index in [4.69, 9.17) is 19.9 Å². The molecule has 0 bridgehead atoms. The summed E-state index contributed by atoms with van der Waals surface area (Å²) in [5.41, 5.74) is 13.0. The normalized spacial score (nSPS) is 17.4. The lowest BCUT2D eigenvalue weighted by atomic mass is 9.59. The van der Waals surface area contributed by atoms with Crippen LogP contribution in [0.15, 0.2) is 109 Å². The largest absolute Gasteiger partial charge is 0.255 e. The van der Waals surface area contributed by atoms with Crippen molar-refractivity contribution >= 4 is 0 Å². The molecule has 4 heteroatoms. The molecule has 48 heavy (non-hydrogen) atoms. The highest BCUT2D eigenvalue weighted by Gasteiger charge is 2.56. The van der Waals surface area contributed by atoms with Gasteiger partial charge in [0.25, 0.3) is 0 Å². The summed E-state index contributed by atoms with van der Waals surface area (Å²) in [4.78, 5) is 20.0. The summed E-state index contributed by atoms with van der Waals surface area (Å²) in [6.07, 6.45) is 1.90. The molecule has 0 spiro atoms. The molecule has 2 aromatic heterocycles. The molecule has 2 heterocycles. The molecule has 0 aliphatic heterocycles. The Bertz CT molecular complexity index is 2220. The topological polar surface area (TPSA) is 51.6 Å². The van der Waals surface area contributed by atoms with Crippen molar-refractivity contribution in [3.63, 3.8) is 0 Å². The molecule has 0 radical (unpaired) electrons. The van der Waals surface area contributed by atoms with Gasteiger partial charge >= 0.3 is 0 Å². The zero-order chi connectivity index (χ0) is 33.6. The molecule has 2 aliphatic carbocycles. The van der Waals surface area contributed by atoms with E-state index in [1.54, 1.807) is 0 Å². The summed E-state index contributed by atoms with van der Waals surface area (Å²) in [5, 5.41) is 0. The van der Waals surface area contributed by atoms with Crippen LogP contribution in [0.5, 0.6) is 0 Å². The van der Waals surface area contributed by atoms with E-state index in [0.29, 0.717) is 17.5 Å². The van der Waals surface area contributed by atoms with Crippen LogP contribution in [0.2, 0.25) is 0 Å². The second kappa shape index (κ2) is 10.3. The fraction of sp³-hybridized carbons (Fsp3) is 0.273. The highest BCUT2D eigenvalue weighted by atomic mass is 15.0. The maximum atomic E-state index is 5.06. The summed E-state index contributed by atoms with van der Waals surface area (Å²) in [6.45, 7) is 18.9. The fourth-order valence-electron chi connectivity index (χ4n) is 8.11. The molecule has 0 saturated carbocycles. The van der Waals surface area contributed by atoms with Crippen LogP contribution in [0.25, 0.3) is 56.5 Å². The SMILES string of the molecule is CC1(C)c2ccccc2-c2ccc(-c3nc(-c4ccccc4)nc(-c4ccc(-c5ccc6c(c5)C(C)(C)C(C)(C)C6(C)C)nc4)n3)cc21. The number of hydrogen-bond acceptors (Lipinski definition) is 4. The number of nitrogens with zero attached hydrogens (tertiary/aromatic N) is 4. The molecule has 0 N–H and O–H groups in total. The van der Waals surface area contributed by atoms with Gasteiger partial charge in [0.2, 0.25) is 0 Å². The van der Waals surface area contributed by atoms with Crippen molar-refractivity contribution < 1.29 is 0 Å². The summed E-state index contributed by atoms with van der Waals surface area (Å²) in [6, 6.07) is 36.6. The smallest absolute Gasteiger partial charge is 0.165 e. The number of benzene rings is 4. The molecule has 6 aromatic rings. The molecule has 2 aliphatic rings. The predicted molar refractivity (Wildman–Crippen MR) is 197 cm³/mol. The second-order valence-electron chi connectivity index (χ2n) is 15.7. The Hall–Kier alpha value is -4.96. The summed E-state index contributed by atoms with van der Waals surface area (Å²) in [5.74, 6) is 1.91. The van der Waals surface area contributed by atoms with Crippen LogP contribution in [-0.2, 0) is 16.2 Å². The number of hydrogen-bond donors (Lipinski definition) is 0. The average Bonchev–Trinajstić information content (AvgIpc) is 3.39. The molecule has 0 atom stereocenters. The zero-order valence-electron chi connectivity index (χ0n) is 29.2. The van der Waals surface area contributed by atoms with Gasteiger partial charge in [-0.1, -0.05) is 134 Å². The predicted octanol–water partition coefficient (Wildman–Crippen LogP) is 10.8. The molecule has 8 rings (SSSR count). The maximum absolute atomic E-state index is 5.06. The number of pyridine rings is 1. The van der Waals surface area contributed by atoms with E-state index in [2.05, 4.69) is 128 Å². The standard InChI is InChI=1S/C44H42N4/c1-41(2)33-17-13-12-16-31(33)32-21-18-29(25-35(32)41)39-46-38(27-14-10-9-11-15-27)47-40(48-39)30-20-23-37(45-26-30)28-19-22-34-36(24-28)43(5,6)44(7,8)42(34,3)4/h9-26H,1-8H3. The first-order valence-corrected chi connectivity index (χ1v) is 17.0. The van der Waals surface area contributed by atoms with Gasteiger partial charge in [-0.25, -0.2) is 15.0 Å². The Kier molecular flexibility index (Phi) is 6.50. The number of aromatic nitrogens is 4. The van der Waals surface area contributed by atoms with Crippen LogP contribution < -0.4 is 0 Å². The lowest BCUT2D eigenvalue weighted by Gasteiger charge is -2.44. The minimum atomic E-state index is -0.113. The zero-order valence-corrected chi connectivity index (χ0v) is 29.2. The van der Waals surface area contributed by atoms with Crippen LogP contribution in [0, 0.1) is 5.41 Å². The molecule has 0 saturated heterocycles. The lowest BCUT2D eigenvalue weighted by molar-refractivity contribution is 0.125. The van der Waals surface area contributed by atoms with E-state index >= 15 is 0 Å². The number of fused-ring (bicyclic) bond motifs is 4. The number of rotatable bonds is 4. The lowest BCUT2D eigenvalue weighted by Crippen LogP contribution is -2.42. The van der Waals surface area contributed by atoms with E-state index < -0.39 is 0 Å². The molecule has 0 fully saturated rings. The molecule has 238 valence electrons. The minimum absolute atomic E-state index is 0.0342. The molecule has 4 nitrogen and oxygen atoms in total. The Labute approximate surface area is 284 Å². The van der Waals surface area contributed by atoms with Crippen LogP contribution in [-0.4, -0.2) is 19.9 Å². The van der Waals surface area contributed by atoms with Crippen molar-refractivity contribution in [1.82, 2.24) is 19.9 Å². The third kappa shape index (κ3) is 4.28. The minimum Gasteiger partial charge on any atom is -0.255 e. The van der Waals surface area contributed by atoms with Crippen molar-refractivity contribution in [1.29, 1.82) is 0 Å². The van der Waals surface area contributed by atoms with Crippen molar-refractivity contribution in [3.05, 3.63) is 132 Å². The van der Waals surface area contributed by atoms with Crippen molar-refractivity contribution in [3.8, 4) is 56.5 Å². The Balaban J connectivity index is 1.20. The second-order valence-corrected chi connectivity index (χ2v) is 15.7. The van der Waals surface area contributed by atoms with Gasteiger partial charge in [0, 0.05) is 33.9 Å². The molecule has 4 aromatic carbocycles. The Morgan fingerprint density at radius 2 is 0.979 bits per heavy atom. The quantitative estimate of drug-likeness (QED) is 0.195. The molecular weight excluding hydrogens is 585 g/mol. The molecule has 0 unspecified atom stereocenters. The summed E-state index contributed by atoms with van der Waals surface area (Å²) in [7, 11) is 0. The van der Waals surface area contributed by atoms with Crippen molar-refractivity contribution in [2.45, 2.75) is 71.6 Å². The van der Waals surface area contributed by atoms with E-state index in [0.717, 1.165) is 27.9 Å². The third-order valence-electron chi connectivity index (χ3n) is 12.3. The van der Waals surface area contributed by atoms with Crippen molar-refractivity contribution in [2.24, 2.45) is 5.41 Å². The van der Waals surface area contributed by atoms with Crippen LogP contribution in [0.4, 0.5) is 0 Å². The Morgan fingerprint density at radius 3 is 1.69 bits per heavy atom. The van der Waals surface area contributed by atoms with E-state index in [1.165, 1.54) is 33.4 Å². The van der Waals surface area contributed by atoms with Crippen LogP contribution >= 0.6 is 0 Å². The maximum Gasteiger partial charge on any atom is 0.165 e. The van der Waals surface area contributed by atoms with Crippen molar-refractivity contribution in [2.75, 3.05) is 0 Å². The average molecular weight is 627 g/mol. The first-order valence-electron chi connectivity index (χ1n) is 17.0. The van der Waals surface area contributed by atoms with Gasteiger partial charge in [0.05, 0.1) is 5.69 Å². The third-order valence-corrected chi connectivity index (χ3v) is 12.3. The van der Waals surface area contributed by atoms with E-state index in [-0.39, 0.29) is 21.7 Å². The summed E-state index contributed by atoms with van der Waals surface area (Å²) < 4.78 is 0. The van der Waals surface area contributed by atoms with Gasteiger partial charge in [-0.05, 0) is 73.9 Å². The monoisotopic (exact) mass is 626 g/mol. The van der Waals surface area contributed by atoms with Crippen LogP contribution in [0.1, 0.15) is 77.6 Å². The highest BCUT2D eigenvalue weighted by molar-refractivity contribution is 5.83. The van der Waals surface area contributed by atoms with Gasteiger partial charge in [-0.2, -0.15) is 0 Å². The van der Waals surface area contributed by atoms with Gasteiger partial charge in [-0.15, -0.1) is 0 Å². The van der Waals surface area contributed by atoms with Gasteiger partial charge in [-0.3, -0.25) is 4.98 Å². The Morgan fingerprint density at radius 1 is 0.417 bits per heavy atom. The first-order chi connectivity index (χ1) is 22.8. The molecule has 0 amide bonds. The van der Waals surface area contributed by atoms with E-state index in [1.807, 2.05) is 36.5 Å². The highest BCUT2D eigenvalue weighted by Crippen LogP contribution is 2.61.